The van der Waals surface area contributed by atoms with Crippen LogP contribution < -0.4 is 5.32 Å². The summed E-state index contributed by atoms with van der Waals surface area (Å²) in [6.45, 7) is 4.94. The second-order valence-electron chi connectivity index (χ2n) is 5.20. The van der Waals surface area contributed by atoms with Gasteiger partial charge in [-0.15, -0.1) is 11.3 Å². The maximum Gasteiger partial charge on any atom is 0.0942 e. The highest BCUT2D eigenvalue weighted by Crippen LogP contribution is 2.28. The molecule has 2 aromatic heterocycles. The van der Waals surface area contributed by atoms with Gasteiger partial charge in [0.05, 0.1) is 40.2 Å². The Morgan fingerprint density at radius 3 is 2.90 bits per heavy atom. The van der Waals surface area contributed by atoms with Crippen molar-refractivity contribution < 1.29 is 0 Å². The highest BCUT2D eigenvalue weighted by atomic mass is 79.9. The van der Waals surface area contributed by atoms with E-state index >= 15 is 0 Å². The monoisotopic (exact) mass is 371 g/mol. The Bertz CT molecular complexity index is 538. The third-order valence-electron chi connectivity index (χ3n) is 3.21. The van der Waals surface area contributed by atoms with Crippen molar-refractivity contribution in [2.24, 2.45) is 0 Å². The zero-order valence-corrected chi connectivity index (χ0v) is 15.1. The summed E-state index contributed by atoms with van der Waals surface area (Å²) in [5, 5.41) is 10.2. The Morgan fingerprint density at radius 1 is 1.48 bits per heavy atom. The van der Waals surface area contributed by atoms with E-state index in [0.29, 0.717) is 0 Å². The van der Waals surface area contributed by atoms with Gasteiger partial charge in [-0.05, 0) is 43.0 Å². The normalized spacial score (nSPS) is 13.0. The SMILES string of the molecule is CCCNC(c1cscn1)c1c(Br)cnn1CCN(C)C. The Balaban J connectivity index is 2.28. The van der Waals surface area contributed by atoms with Crippen molar-refractivity contribution in [3.05, 3.63) is 32.9 Å². The van der Waals surface area contributed by atoms with Crippen LogP contribution in [-0.4, -0.2) is 46.8 Å². The van der Waals surface area contributed by atoms with E-state index in [-0.39, 0.29) is 6.04 Å². The molecule has 2 aromatic rings. The van der Waals surface area contributed by atoms with E-state index in [1.807, 2.05) is 11.7 Å². The molecular weight excluding hydrogens is 350 g/mol. The number of likely N-dealkylation sites (N-methyl/N-ethyl adjacent to an activating group) is 1. The smallest absolute Gasteiger partial charge is 0.0942 e. The van der Waals surface area contributed by atoms with Crippen molar-refractivity contribution in [2.75, 3.05) is 27.2 Å². The second-order valence-corrected chi connectivity index (χ2v) is 6.78. The molecule has 116 valence electrons. The minimum Gasteiger partial charge on any atom is -0.308 e. The predicted molar refractivity (Wildman–Crippen MR) is 90.7 cm³/mol. The van der Waals surface area contributed by atoms with Crippen LogP contribution in [0.1, 0.15) is 30.8 Å². The third-order valence-corrected chi connectivity index (χ3v) is 4.43. The highest BCUT2D eigenvalue weighted by Gasteiger charge is 2.22. The topological polar surface area (TPSA) is 46.0 Å². The number of nitrogens with zero attached hydrogens (tertiary/aromatic N) is 4. The summed E-state index contributed by atoms with van der Waals surface area (Å²) >= 11 is 5.27. The molecule has 0 bridgehead atoms. The zero-order chi connectivity index (χ0) is 15.2. The average molecular weight is 372 g/mol. The summed E-state index contributed by atoms with van der Waals surface area (Å²) in [5.74, 6) is 0. The van der Waals surface area contributed by atoms with Gasteiger partial charge in [-0.25, -0.2) is 4.98 Å². The average Bonchev–Trinajstić information content (AvgIpc) is 3.09. The summed E-state index contributed by atoms with van der Waals surface area (Å²) in [7, 11) is 4.15. The number of nitrogens with one attached hydrogen (secondary N) is 1. The van der Waals surface area contributed by atoms with Gasteiger partial charge in [-0.3, -0.25) is 4.68 Å². The van der Waals surface area contributed by atoms with Crippen molar-refractivity contribution in [1.29, 1.82) is 0 Å². The molecule has 0 fully saturated rings. The molecule has 2 heterocycles. The fourth-order valence-corrected chi connectivity index (χ4v) is 3.23. The molecular formula is C14H22BrN5S. The van der Waals surface area contributed by atoms with Crippen molar-refractivity contribution in [2.45, 2.75) is 25.9 Å². The molecule has 0 aliphatic rings. The van der Waals surface area contributed by atoms with E-state index in [2.05, 4.69) is 67.3 Å². The molecule has 7 heteroatoms. The van der Waals surface area contributed by atoms with Gasteiger partial charge in [-0.2, -0.15) is 5.10 Å². The maximum atomic E-state index is 4.51. The van der Waals surface area contributed by atoms with Gasteiger partial charge in [0.2, 0.25) is 0 Å². The first kappa shape index (κ1) is 16.6. The number of hydrogen-bond acceptors (Lipinski definition) is 5. The van der Waals surface area contributed by atoms with E-state index in [1.54, 1.807) is 11.3 Å². The summed E-state index contributed by atoms with van der Waals surface area (Å²) < 4.78 is 3.10. The highest BCUT2D eigenvalue weighted by molar-refractivity contribution is 9.10. The maximum absolute atomic E-state index is 4.51. The zero-order valence-electron chi connectivity index (χ0n) is 12.7. The first-order chi connectivity index (χ1) is 10.1. The van der Waals surface area contributed by atoms with Crippen LogP contribution in [0.2, 0.25) is 0 Å². The number of rotatable bonds is 8. The molecule has 0 radical (unpaired) electrons. The number of hydrogen-bond donors (Lipinski definition) is 1. The van der Waals surface area contributed by atoms with Gasteiger partial charge < -0.3 is 10.2 Å². The number of thiazole rings is 1. The minimum absolute atomic E-state index is 0.0789. The number of halogens is 1. The number of aromatic nitrogens is 3. The van der Waals surface area contributed by atoms with E-state index in [4.69, 9.17) is 0 Å². The second kappa shape index (κ2) is 8.03. The fourth-order valence-electron chi connectivity index (χ4n) is 2.13. The Hall–Kier alpha value is -0.760. The molecule has 5 nitrogen and oxygen atoms in total. The van der Waals surface area contributed by atoms with Gasteiger partial charge in [0.25, 0.3) is 0 Å². The van der Waals surface area contributed by atoms with Crippen LogP contribution in [-0.2, 0) is 6.54 Å². The summed E-state index contributed by atoms with van der Waals surface area (Å²) in [5.41, 5.74) is 4.08. The van der Waals surface area contributed by atoms with Crippen LogP contribution in [0.5, 0.6) is 0 Å². The molecule has 0 aliphatic heterocycles. The van der Waals surface area contributed by atoms with Gasteiger partial charge in [0, 0.05) is 11.9 Å². The lowest BCUT2D eigenvalue weighted by Gasteiger charge is -2.20. The molecule has 0 spiro atoms. The quantitative estimate of drug-likeness (QED) is 0.774. The summed E-state index contributed by atoms with van der Waals surface area (Å²) in [4.78, 5) is 6.65. The Morgan fingerprint density at radius 2 is 2.29 bits per heavy atom. The van der Waals surface area contributed by atoms with Crippen molar-refractivity contribution >= 4 is 27.3 Å². The molecule has 21 heavy (non-hydrogen) atoms. The van der Waals surface area contributed by atoms with Crippen LogP contribution in [0.15, 0.2) is 21.6 Å². The Labute approximate surface area is 138 Å². The van der Waals surface area contributed by atoms with Crippen LogP contribution in [0.25, 0.3) is 0 Å². The first-order valence-corrected chi connectivity index (χ1v) is 8.84. The molecule has 0 aliphatic carbocycles. The molecule has 0 saturated heterocycles. The van der Waals surface area contributed by atoms with Gasteiger partial charge in [-0.1, -0.05) is 6.92 Å². The van der Waals surface area contributed by atoms with Gasteiger partial charge in [0.15, 0.2) is 0 Å². The van der Waals surface area contributed by atoms with Crippen molar-refractivity contribution in [3.8, 4) is 0 Å². The van der Waals surface area contributed by atoms with Crippen LogP contribution in [0.3, 0.4) is 0 Å². The molecule has 1 unspecified atom stereocenters. The van der Waals surface area contributed by atoms with Gasteiger partial charge >= 0.3 is 0 Å². The van der Waals surface area contributed by atoms with E-state index in [0.717, 1.165) is 41.9 Å². The first-order valence-electron chi connectivity index (χ1n) is 7.10. The lowest BCUT2D eigenvalue weighted by atomic mass is 10.1. The van der Waals surface area contributed by atoms with E-state index < -0.39 is 0 Å². The van der Waals surface area contributed by atoms with Crippen molar-refractivity contribution in [3.63, 3.8) is 0 Å². The van der Waals surface area contributed by atoms with Crippen LogP contribution >= 0.6 is 27.3 Å². The molecule has 1 atom stereocenters. The largest absolute Gasteiger partial charge is 0.308 e. The lowest BCUT2D eigenvalue weighted by molar-refractivity contribution is 0.365. The third kappa shape index (κ3) is 4.35. The Kier molecular flexibility index (Phi) is 6.35. The molecule has 0 aromatic carbocycles. The molecule has 1 N–H and O–H groups in total. The van der Waals surface area contributed by atoms with Crippen molar-refractivity contribution in [1.82, 2.24) is 25.0 Å². The van der Waals surface area contributed by atoms with E-state index in [9.17, 15) is 0 Å². The van der Waals surface area contributed by atoms with Gasteiger partial charge in [0.1, 0.15) is 0 Å². The summed E-state index contributed by atoms with van der Waals surface area (Å²) in [6.07, 6.45) is 2.96. The standard InChI is InChI=1S/C14H22BrN5S/c1-4-5-16-13(12-9-21-10-17-12)14-11(15)8-18-20(14)7-6-19(2)3/h8-10,13,16H,4-7H2,1-3H3. The van der Waals surface area contributed by atoms with Crippen LogP contribution in [0, 0.1) is 0 Å². The lowest BCUT2D eigenvalue weighted by Crippen LogP contribution is -2.28. The van der Waals surface area contributed by atoms with E-state index in [1.165, 1.54) is 0 Å². The molecule has 2 rings (SSSR count). The molecule has 0 saturated carbocycles. The summed E-state index contributed by atoms with van der Waals surface area (Å²) in [6, 6.07) is 0.0789. The molecule has 0 amide bonds. The minimum atomic E-state index is 0.0789. The fraction of sp³-hybridized carbons (Fsp3) is 0.571. The van der Waals surface area contributed by atoms with Crippen LogP contribution in [0.4, 0.5) is 0 Å². The predicted octanol–water partition coefficient (Wildman–Crippen LogP) is 2.75.